The number of aryl methyl sites for hydroxylation is 2. The number of hydrogen-bond acceptors (Lipinski definition) is 5. The van der Waals surface area contributed by atoms with Crippen molar-refractivity contribution in [1.82, 2.24) is 10.5 Å². The number of benzene rings is 2. The van der Waals surface area contributed by atoms with Gasteiger partial charge in [-0.05, 0) is 56.3 Å². The summed E-state index contributed by atoms with van der Waals surface area (Å²) in [6.07, 6.45) is 0.730. The molecule has 0 bridgehead atoms. The lowest BCUT2D eigenvalue weighted by atomic mass is 10.00. The lowest BCUT2D eigenvalue weighted by molar-refractivity contribution is 0.0924. The Morgan fingerprint density at radius 1 is 1.24 bits per heavy atom. The molecule has 1 aliphatic rings. The Labute approximate surface area is 177 Å². The SMILES string of the molecule is Cc1noc(C)c1COc1ccc(C(=O)NC2CCOc3ccc(Br)cc32)cc1. The normalized spacial score (nSPS) is 15.3. The molecule has 0 aliphatic carbocycles. The maximum atomic E-state index is 12.7. The highest BCUT2D eigenvalue weighted by Crippen LogP contribution is 2.34. The van der Waals surface area contributed by atoms with Gasteiger partial charge >= 0.3 is 0 Å². The van der Waals surface area contributed by atoms with E-state index in [1.807, 2.05) is 32.0 Å². The first kappa shape index (κ1) is 19.5. The highest BCUT2D eigenvalue weighted by molar-refractivity contribution is 9.10. The van der Waals surface area contributed by atoms with E-state index in [1.165, 1.54) is 0 Å². The number of nitrogens with zero attached hydrogens (tertiary/aromatic N) is 1. The Bertz CT molecular complexity index is 1010. The van der Waals surface area contributed by atoms with Crippen molar-refractivity contribution >= 4 is 21.8 Å². The maximum absolute atomic E-state index is 12.7. The highest BCUT2D eigenvalue weighted by atomic mass is 79.9. The molecule has 1 atom stereocenters. The molecule has 2 heterocycles. The van der Waals surface area contributed by atoms with Crippen LogP contribution in [0.25, 0.3) is 0 Å². The van der Waals surface area contributed by atoms with E-state index in [0.717, 1.165) is 39.2 Å². The van der Waals surface area contributed by atoms with Crippen molar-refractivity contribution in [2.75, 3.05) is 6.61 Å². The average Bonchev–Trinajstić information content (AvgIpc) is 3.04. The molecule has 3 aromatic rings. The maximum Gasteiger partial charge on any atom is 0.251 e. The highest BCUT2D eigenvalue weighted by Gasteiger charge is 2.23. The van der Waals surface area contributed by atoms with E-state index in [4.69, 9.17) is 14.0 Å². The van der Waals surface area contributed by atoms with Gasteiger partial charge in [0.25, 0.3) is 5.91 Å². The molecule has 4 rings (SSSR count). The zero-order valence-electron chi connectivity index (χ0n) is 16.2. The van der Waals surface area contributed by atoms with Crippen molar-refractivity contribution in [1.29, 1.82) is 0 Å². The Morgan fingerprint density at radius 3 is 2.76 bits per heavy atom. The van der Waals surface area contributed by atoms with Crippen LogP contribution in [-0.2, 0) is 6.61 Å². The lowest BCUT2D eigenvalue weighted by Gasteiger charge is -2.27. The third kappa shape index (κ3) is 4.29. The Balaban J connectivity index is 1.41. The summed E-state index contributed by atoms with van der Waals surface area (Å²) >= 11 is 3.48. The zero-order chi connectivity index (χ0) is 20.4. The molecule has 2 aromatic carbocycles. The number of amides is 1. The smallest absolute Gasteiger partial charge is 0.251 e. The van der Waals surface area contributed by atoms with Crippen molar-refractivity contribution in [3.8, 4) is 11.5 Å². The first-order valence-corrected chi connectivity index (χ1v) is 10.2. The Morgan fingerprint density at radius 2 is 2.03 bits per heavy atom. The first-order chi connectivity index (χ1) is 14.0. The third-order valence-electron chi connectivity index (χ3n) is 5.00. The predicted molar refractivity (Wildman–Crippen MR) is 111 cm³/mol. The quantitative estimate of drug-likeness (QED) is 0.591. The molecule has 0 saturated carbocycles. The van der Waals surface area contributed by atoms with Gasteiger partial charge in [-0.2, -0.15) is 0 Å². The van der Waals surface area contributed by atoms with Crippen molar-refractivity contribution in [3.63, 3.8) is 0 Å². The van der Waals surface area contributed by atoms with Crippen LogP contribution < -0.4 is 14.8 Å². The molecule has 29 heavy (non-hydrogen) atoms. The van der Waals surface area contributed by atoms with E-state index in [-0.39, 0.29) is 11.9 Å². The average molecular weight is 457 g/mol. The molecule has 1 amide bonds. The van der Waals surface area contributed by atoms with Crippen LogP contribution in [0.15, 0.2) is 51.5 Å². The minimum atomic E-state index is -0.125. The summed E-state index contributed by atoms with van der Waals surface area (Å²) in [4.78, 5) is 12.7. The largest absolute Gasteiger partial charge is 0.493 e. The number of fused-ring (bicyclic) bond motifs is 1. The molecule has 7 heteroatoms. The molecule has 1 unspecified atom stereocenters. The molecule has 0 saturated heterocycles. The molecule has 0 fully saturated rings. The van der Waals surface area contributed by atoms with E-state index >= 15 is 0 Å². The van der Waals surface area contributed by atoms with Crippen molar-refractivity contribution in [3.05, 3.63) is 75.1 Å². The van der Waals surface area contributed by atoms with Gasteiger partial charge in [0.2, 0.25) is 0 Å². The minimum absolute atomic E-state index is 0.0841. The fraction of sp³-hybridized carbons (Fsp3) is 0.273. The Kier molecular flexibility index (Phi) is 5.58. The predicted octanol–water partition coefficient (Wildman–Crippen LogP) is 4.89. The summed E-state index contributed by atoms with van der Waals surface area (Å²) in [7, 11) is 0. The molecular formula is C22H21BrN2O4. The van der Waals surface area contributed by atoms with Gasteiger partial charge in [-0.25, -0.2) is 0 Å². The second-order valence-corrected chi connectivity index (χ2v) is 7.88. The number of hydrogen-bond donors (Lipinski definition) is 1. The molecular weight excluding hydrogens is 436 g/mol. The van der Waals surface area contributed by atoms with Crippen LogP contribution in [0.4, 0.5) is 0 Å². The van der Waals surface area contributed by atoms with Gasteiger partial charge < -0.3 is 19.3 Å². The second-order valence-electron chi connectivity index (χ2n) is 6.96. The fourth-order valence-corrected chi connectivity index (χ4v) is 3.70. The van der Waals surface area contributed by atoms with Gasteiger partial charge in [-0.1, -0.05) is 21.1 Å². The van der Waals surface area contributed by atoms with Gasteiger partial charge in [0.15, 0.2) is 0 Å². The summed E-state index contributed by atoms with van der Waals surface area (Å²) in [5.41, 5.74) is 3.33. The summed E-state index contributed by atoms with van der Waals surface area (Å²) in [6, 6.07) is 12.9. The minimum Gasteiger partial charge on any atom is -0.493 e. The summed E-state index contributed by atoms with van der Waals surface area (Å²) < 4.78 is 17.6. The van der Waals surface area contributed by atoms with Gasteiger partial charge in [-0.15, -0.1) is 0 Å². The van der Waals surface area contributed by atoms with Crippen LogP contribution in [0.5, 0.6) is 11.5 Å². The number of ether oxygens (including phenoxy) is 2. The number of rotatable bonds is 5. The number of carbonyl (C=O) groups excluding carboxylic acids is 1. The van der Waals surface area contributed by atoms with Gasteiger partial charge in [-0.3, -0.25) is 4.79 Å². The number of carbonyl (C=O) groups is 1. The van der Waals surface area contributed by atoms with Crippen LogP contribution in [0, 0.1) is 13.8 Å². The van der Waals surface area contributed by atoms with E-state index in [1.54, 1.807) is 24.3 Å². The lowest BCUT2D eigenvalue weighted by Crippen LogP contribution is -2.32. The van der Waals surface area contributed by atoms with Crippen LogP contribution in [0.3, 0.4) is 0 Å². The fourth-order valence-electron chi connectivity index (χ4n) is 3.32. The van der Waals surface area contributed by atoms with Gasteiger partial charge in [0, 0.05) is 22.0 Å². The third-order valence-corrected chi connectivity index (χ3v) is 5.49. The molecule has 1 N–H and O–H groups in total. The van der Waals surface area contributed by atoms with Crippen LogP contribution in [0.1, 0.15) is 45.4 Å². The van der Waals surface area contributed by atoms with E-state index in [9.17, 15) is 4.79 Å². The Hall–Kier alpha value is -2.80. The molecule has 0 radical (unpaired) electrons. The monoisotopic (exact) mass is 456 g/mol. The van der Waals surface area contributed by atoms with E-state index in [0.29, 0.717) is 24.5 Å². The van der Waals surface area contributed by atoms with Gasteiger partial charge in [0.05, 0.1) is 23.9 Å². The topological polar surface area (TPSA) is 73.6 Å². The van der Waals surface area contributed by atoms with E-state index < -0.39 is 0 Å². The molecule has 1 aromatic heterocycles. The number of aromatic nitrogens is 1. The van der Waals surface area contributed by atoms with Crippen LogP contribution in [-0.4, -0.2) is 17.7 Å². The van der Waals surface area contributed by atoms with Crippen molar-refractivity contribution < 1.29 is 18.8 Å². The zero-order valence-corrected chi connectivity index (χ0v) is 17.8. The van der Waals surface area contributed by atoms with Crippen molar-refractivity contribution in [2.45, 2.75) is 32.9 Å². The molecule has 6 nitrogen and oxygen atoms in total. The van der Waals surface area contributed by atoms with E-state index in [2.05, 4.69) is 26.4 Å². The first-order valence-electron chi connectivity index (χ1n) is 9.39. The van der Waals surface area contributed by atoms with Crippen LogP contribution >= 0.6 is 15.9 Å². The summed E-state index contributed by atoms with van der Waals surface area (Å²) in [5, 5.41) is 7.03. The number of halogens is 1. The molecule has 0 spiro atoms. The molecule has 1 aliphatic heterocycles. The van der Waals surface area contributed by atoms with Crippen molar-refractivity contribution in [2.24, 2.45) is 0 Å². The standard InChI is InChI=1S/C22H21BrN2O4/c1-13-19(14(2)29-25-13)12-28-17-6-3-15(4-7-17)22(26)24-20-9-10-27-21-8-5-16(23)11-18(20)21/h3-8,11,20H,9-10,12H2,1-2H3,(H,24,26). The summed E-state index contributed by atoms with van der Waals surface area (Å²) in [5.74, 6) is 2.12. The number of nitrogens with one attached hydrogen (secondary N) is 1. The summed E-state index contributed by atoms with van der Waals surface area (Å²) in [6.45, 7) is 4.70. The second kappa shape index (κ2) is 8.29. The molecule has 150 valence electrons. The van der Waals surface area contributed by atoms with Gasteiger partial charge in [0.1, 0.15) is 23.9 Å². The van der Waals surface area contributed by atoms with Crippen LogP contribution in [0.2, 0.25) is 0 Å².